The molecule has 2 aliphatic heterocycles. The zero-order valence-electron chi connectivity index (χ0n) is 16.8. The number of para-hydroxylation sites is 2. The standard InChI is InChI=1S/C22H26N4O4/c27-20-8-3-11-26(20)19-7-2-1-6-18(19)24-21(28)16-9-12-25(13-10-16)22(29)23-15-17-5-4-14-30-17/h1-2,4-7,14,16H,3,8-13,15H2,(H,23,29)(H,24,28). The quantitative estimate of drug-likeness (QED) is 0.792. The van der Waals surface area contributed by atoms with Crippen LogP contribution >= 0.6 is 0 Å². The minimum atomic E-state index is -0.165. The summed E-state index contributed by atoms with van der Waals surface area (Å²) in [6.07, 6.45) is 4.16. The molecule has 0 radical (unpaired) electrons. The molecule has 30 heavy (non-hydrogen) atoms. The summed E-state index contributed by atoms with van der Waals surface area (Å²) in [5.41, 5.74) is 1.42. The largest absolute Gasteiger partial charge is 0.467 e. The summed E-state index contributed by atoms with van der Waals surface area (Å²) in [5, 5.41) is 5.84. The van der Waals surface area contributed by atoms with Crippen molar-refractivity contribution in [2.24, 2.45) is 5.92 Å². The highest BCUT2D eigenvalue weighted by molar-refractivity contribution is 6.02. The molecule has 4 rings (SSSR count). The normalized spacial score (nSPS) is 17.3. The van der Waals surface area contributed by atoms with E-state index in [9.17, 15) is 14.4 Å². The minimum absolute atomic E-state index is 0.0651. The number of urea groups is 1. The van der Waals surface area contributed by atoms with E-state index in [4.69, 9.17) is 4.42 Å². The van der Waals surface area contributed by atoms with Crippen LogP contribution in [0.15, 0.2) is 47.1 Å². The Balaban J connectivity index is 1.30. The predicted molar refractivity (Wildman–Crippen MR) is 112 cm³/mol. The van der Waals surface area contributed by atoms with Gasteiger partial charge < -0.3 is 24.9 Å². The number of amides is 4. The van der Waals surface area contributed by atoms with Gasteiger partial charge in [-0.15, -0.1) is 0 Å². The fourth-order valence-electron chi connectivity index (χ4n) is 3.98. The lowest BCUT2D eigenvalue weighted by atomic mass is 9.96. The van der Waals surface area contributed by atoms with Gasteiger partial charge in [-0.25, -0.2) is 4.79 Å². The van der Waals surface area contributed by atoms with Gasteiger partial charge in [0.25, 0.3) is 0 Å². The van der Waals surface area contributed by atoms with E-state index < -0.39 is 0 Å². The lowest BCUT2D eigenvalue weighted by Crippen LogP contribution is -2.45. The summed E-state index contributed by atoms with van der Waals surface area (Å²) in [4.78, 5) is 40.7. The fraction of sp³-hybridized carbons (Fsp3) is 0.409. The van der Waals surface area contributed by atoms with Crippen LogP contribution in [0.25, 0.3) is 0 Å². The number of hydrogen-bond acceptors (Lipinski definition) is 4. The number of hydrogen-bond donors (Lipinski definition) is 2. The van der Waals surface area contributed by atoms with Crippen molar-refractivity contribution in [2.75, 3.05) is 29.9 Å². The Kier molecular flexibility index (Phi) is 6.02. The minimum Gasteiger partial charge on any atom is -0.467 e. The molecule has 0 unspecified atom stereocenters. The van der Waals surface area contributed by atoms with Crippen LogP contribution in [-0.4, -0.2) is 42.4 Å². The highest BCUT2D eigenvalue weighted by Crippen LogP contribution is 2.30. The number of nitrogens with zero attached hydrogens (tertiary/aromatic N) is 2. The Bertz CT molecular complexity index is 904. The maximum atomic E-state index is 12.8. The van der Waals surface area contributed by atoms with Crippen molar-refractivity contribution in [1.29, 1.82) is 0 Å². The molecular weight excluding hydrogens is 384 g/mol. The molecule has 4 amide bonds. The summed E-state index contributed by atoms with van der Waals surface area (Å²) in [7, 11) is 0. The second kappa shape index (κ2) is 9.02. The Hall–Kier alpha value is -3.29. The lowest BCUT2D eigenvalue weighted by molar-refractivity contribution is -0.121. The first-order valence-electron chi connectivity index (χ1n) is 10.4. The van der Waals surface area contributed by atoms with E-state index in [2.05, 4.69) is 10.6 Å². The maximum absolute atomic E-state index is 12.8. The zero-order valence-corrected chi connectivity index (χ0v) is 16.8. The van der Waals surface area contributed by atoms with Crippen LogP contribution < -0.4 is 15.5 Å². The number of rotatable bonds is 5. The molecule has 158 valence electrons. The predicted octanol–water partition coefficient (Wildman–Crippen LogP) is 2.97. The molecule has 3 heterocycles. The smallest absolute Gasteiger partial charge is 0.317 e. The van der Waals surface area contributed by atoms with Gasteiger partial charge in [-0.1, -0.05) is 12.1 Å². The second-order valence-electron chi connectivity index (χ2n) is 7.65. The molecule has 0 bridgehead atoms. The van der Waals surface area contributed by atoms with Gasteiger partial charge in [-0.05, 0) is 43.5 Å². The van der Waals surface area contributed by atoms with Crippen LogP contribution in [-0.2, 0) is 16.1 Å². The number of likely N-dealkylation sites (tertiary alicyclic amines) is 1. The molecule has 0 atom stereocenters. The van der Waals surface area contributed by atoms with Crippen molar-refractivity contribution < 1.29 is 18.8 Å². The SMILES string of the molecule is O=C(Nc1ccccc1N1CCCC1=O)C1CCN(C(=O)NCc2ccco2)CC1. The van der Waals surface area contributed by atoms with Crippen molar-refractivity contribution in [3.05, 3.63) is 48.4 Å². The summed E-state index contributed by atoms with van der Waals surface area (Å²) >= 11 is 0. The first-order valence-corrected chi connectivity index (χ1v) is 10.4. The fourth-order valence-corrected chi connectivity index (χ4v) is 3.98. The van der Waals surface area contributed by atoms with Crippen molar-refractivity contribution in [3.8, 4) is 0 Å². The average molecular weight is 410 g/mol. The van der Waals surface area contributed by atoms with Crippen LogP contribution in [0.4, 0.5) is 16.2 Å². The molecule has 0 spiro atoms. The number of anilines is 2. The van der Waals surface area contributed by atoms with Gasteiger partial charge in [0.2, 0.25) is 11.8 Å². The summed E-state index contributed by atoms with van der Waals surface area (Å²) in [5.74, 6) is 0.560. The summed E-state index contributed by atoms with van der Waals surface area (Å²) < 4.78 is 5.22. The molecular formula is C22H26N4O4. The van der Waals surface area contributed by atoms with Gasteiger partial charge in [0, 0.05) is 32.0 Å². The monoisotopic (exact) mass is 410 g/mol. The first-order chi connectivity index (χ1) is 14.6. The Morgan fingerprint density at radius 3 is 2.57 bits per heavy atom. The molecule has 2 aromatic rings. The lowest BCUT2D eigenvalue weighted by Gasteiger charge is -2.31. The van der Waals surface area contributed by atoms with Crippen molar-refractivity contribution >= 4 is 29.2 Å². The third-order valence-electron chi connectivity index (χ3n) is 5.67. The van der Waals surface area contributed by atoms with E-state index in [0.717, 1.165) is 12.1 Å². The first kappa shape index (κ1) is 20.0. The molecule has 2 aliphatic rings. The van der Waals surface area contributed by atoms with Crippen molar-refractivity contribution in [1.82, 2.24) is 10.2 Å². The van der Waals surface area contributed by atoms with Crippen LogP contribution in [0.1, 0.15) is 31.4 Å². The van der Waals surface area contributed by atoms with Crippen molar-refractivity contribution in [2.45, 2.75) is 32.2 Å². The topological polar surface area (TPSA) is 94.9 Å². The van der Waals surface area contributed by atoms with Gasteiger partial charge >= 0.3 is 6.03 Å². The average Bonchev–Trinajstić information content (AvgIpc) is 3.44. The summed E-state index contributed by atoms with van der Waals surface area (Å²) in [6, 6.07) is 10.9. The highest BCUT2D eigenvalue weighted by atomic mass is 16.3. The molecule has 8 nitrogen and oxygen atoms in total. The number of benzene rings is 1. The number of nitrogens with one attached hydrogen (secondary N) is 2. The molecule has 2 saturated heterocycles. The Morgan fingerprint density at radius 1 is 1.07 bits per heavy atom. The van der Waals surface area contributed by atoms with Gasteiger partial charge in [-0.2, -0.15) is 0 Å². The molecule has 0 aliphatic carbocycles. The van der Waals surface area contributed by atoms with E-state index in [1.54, 1.807) is 22.1 Å². The third kappa shape index (κ3) is 4.48. The number of carbonyl (C=O) groups excluding carboxylic acids is 3. The molecule has 1 aromatic carbocycles. The highest BCUT2D eigenvalue weighted by Gasteiger charge is 2.29. The number of carbonyl (C=O) groups is 3. The third-order valence-corrected chi connectivity index (χ3v) is 5.67. The van der Waals surface area contributed by atoms with Crippen LogP contribution in [0, 0.1) is 5.92 Å². The zero-order chi connectivity index (χ0) is 20.9. The van der Waals surface area contributed by atoms with Crippen LogP contribution in [0.5, 0.6) is 0 Å². The van der Waals surface area contributed by atoms with Gasteiger partial charge in [0.15, 0.2) is 0 Å². The number of furan rings is 1. The van der Waals surface area contributed by atoms with Gasteiger partial charge in [0.1, 0.15) is 5.76 Å². The van der Waals surface area contributed by atoms with E-state index in [-0.39, 0.29) is 23.8 Å². The molecule has 1 aromatic heterocycles. The van der Waals surface area contributed by atoms with E-state index in [0.29, 0.717) is 56.9 Å². The Labute approximate surface area is 175 Å². The molecule has 0 saturated carbocycles. The molecule has 2 fully saturated rings. The van der Waals surface area contributed by atoms with E-state index in [1.807, 2.05) is 30.3 Å². The van der Waals surface area contributed by atoms with Gasteiger partial charge in [0.05, 0.1) is 24.2 Å². The maximum Gasteiger partial charge on any atom is 0.317 e. The summed E-state index contributed by atoms with van der Waals surface area (Å²) in [6.45, 7) is 2.07. The Morgan fingerprint density at radius 2 is 1.87 bits per heavy atom. The van der Waals surface area contributed by atoms with Gasteiger partial charge in [-0.3, -0.25) is 9.59 Å². The van der Waals surface area contributed by atoms with E-state index >= 15 is 0 Å². The number of piperidine rings is 1. The molecule has 8 heteroatoms. The van der Waals surface area contributed by atoms with Crippen LogP contribution in [0.3, 0.4) is 0 Å². The van der Waals surface area contributed by atoms with Crippen LogP contribution in [0.2, 0.25) is 0 Å². The van der Waals surface area contributed by atoms with Crippen molar-refractivity contribution in [3.63, 3.8) is 0 Å². The van der Waals surface area contributed by atoms with E-state index in [1.165, 1.54) is 0 Å². The second-order valence-corrected chi connectivity index (χ2v) is 7.65. The molecule has 2 N–H and O–H groups in total.